The zero-order chi connectivity index (χ0) is 21.1. The molecule has 0 saturated heterocycles. The lowest BCUT2D eigenvalue weighted by atomic mass is 9.90. The SMILES string of the molecule is CN=C(NCc1cc2c(cc1OC)CC(C)O2)NCC1CC(=O)Nc2ccccc21.I. The average Bonchev–Trinajstić information content (AvgIpc) is 3.11. The molecule has 0 aliphatic carbocycles. The van der Waals surface area contributed by atoms with Crippen molar-refractivity contribution in [2.24, 2.45) is 4.99 Å². The van der Waals surface area contributed by atoms with Crippen LogP contribution in [0.5, 0.6) is 11.5 Å². The van der Waals surface area contributed by atoms with Gasteiger partial charge in [0.1, 0.15) is 17.6 Å². The van der Waals surface area contributed by atoms with Gasteiger partial charge in [-0.3, -0.25) is 9.79 Å². The van der Waals surface area contributed by atoms with E-state index >= 15 is 0 Å². The quantitative estimate of drug-likeness (QED) is 0.310. The Kier molecular flexibility index (Phi) is 7.64. The number of nitrogens with zero attached hydrogens (tertiary/aromatic N) is 1. The Morgan fingerprint density at radius 3 is 2.84 bits per heavy atom. The van der Waals surface area contributed by atoms with Gasteiger partial charge >= 0.3 is 0 Å². The first kappa shape index (κ1) is 23.2. The first-order valence-corrected chi connectivity index (χ1v) is 10.3. The Bertz CT molecular complexity index is 979. The van der Waals surface area contributed by atoms with E-state index in [-0.39, 0.29) is 41.9 Å². The van der Waals surface area contributed by atoms with Crippen molar-refractivity contribution in [1.82, 2.24) is 10.6 Å². The van der Waals surface area contributed by atoms with Gasteiger partial charge in [0.2, 0.25) is 5.91 Å². The Hall–Kier alpha value is -2.49. The number of rotatable bonds is 5. The van der Waals surface area contributed by atoms with Gasteiger partial charge in [0.15, 0.2) is 5.96 Å². The third-order valence-corrected chi connectivity index (χ3v) is 5.59. The van der Waals surface area contributed by atoms with Crippen LogP contribution in [-0.4, -0.2) is 38.7 Å². The highest BCUT2D eigenvalue weighted by atomic mass is 127. The molecule has 1 amide bonds. The third-order valence-electron chi connectivity index (χ3n) is 5.59. The summed E-state index contributed by atoms with van der Waals surface area (Å²) in [5.74, 6) is 2.58. The second-order valence-electron chi connectivity index (χ2n) is 7.75. The lowest BCUT2D eigenvalue weighted by molar-refractivity contribution is -0.116. The fourth-order valence-corrected chi connectivity index (χ4v) is 4.11. The number of para-hydroxylation sites is 1. The van der Waals surface area contributed by atoms with Gasteiger partial charge in [0, 0.05) is 55.7 Å². The number of ether oxygens (including phenoxy) is 2. The number of fused-ring (bicyclic) bond motifs is 2. The van der Waals surface area contributed by atoms with Crippen LogP contribution in [0.15, 0.2) is 41.4 Å². The number of carbonyl (C=O) groups is 1. The van der Waals surface area contributed by atoms with Gasteiger partial charge in [-0.15, -0.1) is 24.0 Å². The van der Waals surface area contributed by atoms with E-state index in [1.807, 2.05) is 24.3 Å². The monoisotopic (exact) mass is 536 g/mol. The number of guanidine groups is 1. The number of benzene rings is 2. The highest BCUT2D eigenvalue weighted by molar-refractivity contribution is 14.0. The maximum atomic E-state index is 12.0. The molecule has 2 unspecified atom stereocenters. The molecule has 31 heavy (non-hydrogen) atoms. The minimum absolute atomic E-state index is 0. The van der Waals surface area contributed by atoms with Crippen LogP contribution in [0, 0.1) is 0 Å². The highest BCUT2D eigenvalue weighted by Crippen LogP contribution is 2.35. The topological polar surface area (TPSA) is 84.0 Å². The zero-order valence-corrected chi connectivity index (χ0v) is 20.4. The molecule has 0 fully saturated rings. The van der Waals surface area contributed by atoms with Crippen molar-refractivity contribution >= 4 is 41.5 Å². The highest BCUT2D eigenvalue weighted by Gasteiger charge is 2.25. The Morgan fingerprint density at radius 2 is 2.06 bits per heavy atom. The molecule has 7 nitrogen and oxygen atoms in total. The summed E-state index contributed by atoms with van der Waals surface area (Å²) >= 11 is 0. The first-order chi connectivity index (χ1) is 14.6. The molecule has 2 aliphatic heterocycles. The number of anilines is 1. The molecular weight excluding hydrogens is 507 g/mol. The standard InChI is InChI=1S/C23H28N4O3.HI/c1-14-8-15-9-20(29-3)17(10-21(15)30-14)13-26-23(24-2)25-12-16-11-22(28)27-19-7-5-4-6-18(16)19;/h4-7,9-10,14,16H,8,11-13H2,1-3H3,(H,27,28)(H2,24,25,26);1H. The van der Waals surface area contributed by atoms with Crippen LogP contribution in [0.25, 0.3) is 0 Å². The summed E-state index contributed by atoms with van der Waals surface area (Å²) in [5, 5.41) is 9.63. The molecule has 3 N–H and O–H groups in total. The molecular formula is C23H29IN4O3. The second-order valence-corrected chi connectivity index (χ2v) is 7.75. The number of nitrogens with one attached hydrogen (secondary N) is 3. The van der Waals surface area contributed by atoms with E-state index in [0.29, 0.717) is 25.5 Å². The van der Waals surface area contributed by atoms with Crippen LogP contribution in [-0.2, 0) is 17.8 Å². The summed E-state index contributed by atoms with van der Waals surface area (Å²) in [5.41, 5.74) is 4.22. The van der Waals surface area contributed by atoms with Gasteiger partial charge < -0.3 is 25.4 Å². The fraction of sp³-hybridized carbons (Fsp3) is 0.391. The second kappa shape index (κ2) is 10.2. The number of hydrogen-bond donors (Lipinski definition) is 3. The summed E-state index contributed by atoms with van der Waals surface area (Å²) in [4.78, 5) is 16.4. The van der Waals surface area contributed by atoms with Gasteiger partial charge in [-0.25, -0.2) is 0 Å². The van der Waals surface area contributed by atoms with E-state index in [4.69, 9.17) is 9.47 Å². The average molecular weight is 536 g/mol. The molecule has 2 aliphatic rings. The molecule has 0 aromatic heterocycles. The van der Waals surface area contributed by atoms with E-state index in [1.54, 1.807) is 14.2 Å². The van der Waals surface area contributed by atoms with Gasteiger partial charge in [0.25, 0.3) is 0 Å². The van der Waals surface area contributed by atoms with Crippen LogP contribution in [0.3, 0.4) is 0 Å². The van der Waals surface area contributed by atoms with E-state index < -0.39 is 0 Å². The van der Waals surface area contributed by atoms with Crippen molar-refractivity contribution in [3.05, 3.63) is 53.1 Å². The molecule has 0 saturated carbocycles. The van der Waals surface area contributed by atoms with Crippen molar-refractivity contribution in [2.75, 3.05) is 26.0 Å². The molecule has 166 valence electrons. The molecule has 0 radical (unpaired) electrons. The molecule has 0 spiro atoms. The molecule has 2 aromatic carbocycles. The number of amides is 1. The normalized spacial score (nSPS) is 19.3. The summed E-state index contributed by atoms with van der Waals surface area (Å²) in [6.07, 6.45) is 1.55. The molecule has 2 heterocycles. The predicted octanol–water partition coefficient (Wildman–Crippen LogP) is 3.43. The van der Waals surface area contributed by atoms with Crippen molar-refractivity contribution in [3.63, 3.8) is 0 Å². The van der Waals surface area contributed by atoms with Gasteiger partial charge in [-0.1, -0.05) is 18.2 Å². The smallest absolute Gasteiger partial charge is 0.225 e. The Morgan fingerprint density at radius 1 is 1.26 bits per heavy atom. The van der Waals surface area contributed by atoms with E-state index in [9.17, 15) is 4.79 Å². The van der Waals surface area contributed by atoms with Crippen molar-refractivity contribution in [1.29, 1.82) is 0 Å². The molecule has 2 aromatic rings. The lowest BCUT2D eigenvalue weighted by Gasteiger charge is -2.26. The van der Waals surface area contributed by atoms with Crippen LogP contribution in [0.4, 0.5) is 5.69 Å². The summed E-state index contributed by atoms with van der Waals surface area (Å²) in [6, 6.07) is 12.0. The largest absolute Gasteiger partial charge is 0.496 e. The molecule has 0 bridgehead atoms. The number of methoxy groups -OCH3 is 1. The third kappa shape index (κ3) is 5.23. The number of aliphatic imine (C=N–C) groups is 1. The fourth-order valence-electron chi connectivity index (χ4n) is 4.11. The number of carbonyl (C=O) groups excluding carboxylic acids is 1. The number of halogens is 1. The van der Waals surface area contributed by atoms with E-state index in [2.05, 4.69) is 40.0 Å². The molecule has 2 atom stereocenters. The maximum Gasteiger partial charge on any atom is 0.225 e. The Labute approximate surface area is 200 Å². The van der Waals surface area contributed by atoms with Crippen LogP contribution >= 0.6 is 24.0 Å². The minimum Gasteiger partial charge on any atom is -0.496 e. The van der Waals surface area contributed by atoms with E-state index in [1.165, 1.54) is 5.56 Å². The van der Waals surface area contributed by atoms with Crippen LogP contribution < -0.4 is 25.4 Å². The van der Waals surface area contributed by atoms with Gasteiger partial charge in [-0.05, 0) is 30.7 Å². The maximum absolute atomic E-state index is 12.0. The zero-order valence-electron chi connectivity index (χ0n) is 18.0. The first-order valence-electron chi connectivity index (χ1n) is 10.3. The minimum atomic E-state index is 0. The van der Waals surface area contributed by atoms with E-state index in [0.717, 1.165) is 34.7 Å². The van der Waals surface area contributed by atoms with Crippen molar-refractivity contribution < 1.29 is 14.3 Å². The van der Waals surface area contributed by atoms with Crippen LogP contribution in [0.1, 0.15) is 36.0 Å². The van der Waals surface area contributed by atoms with Crippen LogP contribution in [0.2, 0.25) is 0 Å². The molecule has 8 heteroatoms. The summed E-state index contributed by atoms with van der Waals surface area (Å²) < 4.78 is 11.5. The van der Waals surface area contributed by atoms with Crippen molar-refractivity contribution in [3.8, 4) is 11.5 Å². The Balaban J connectivity index is 0.00000272. The predicted molar refractivity (Wildman–Crippen MR) is 133 cm³/mol. The van der Waals surface area contributed by atoms with Crippen molar-refractivity contribution in [2.45, 2.75) is 38.3 Å². The number of hydrogen-bond acceptors (Lipinski definition) is 4. The summed E-state index contributed by atoms with van der Waals surface area (Å²) in [6.45, 7) is 3.24. The lowest BCUT2D eigenvalue weighted by Crippen LogP contribution is -2.40. The summed E-state index contributed by atoms with van der Waals surface area (Å²) in [7, 11) is 3.42. The molecule has 4 rings (SSSR count). The van der Waals surface area contributed by atoms with Gasteiger partial charge in [0.05, 0.1) is 7.11 Å². The van der Waals surface area contributed by atoms with Gasteiger partial charge in [-0.2, -0.15) is 0 Å².